The van der Waals surface area contributed by atoms with Crippen molar-refractivity contribution in [3.05, 3.63) is 16.5 Å². The molecular weight excluding hydrogens is 258 g/mol. The lowest BCUT2D eigenvalue weighted by atomic mass is 10.1. The van der Waals surface area contributed by atoms with E-state index >= 15 is 0 Å². The van der Waals surface area contributed by atoms with Crippen LogP contribution in [0.15, 0.2) is 4.52 Å². The summed E-state index contributed by atoms with van der Waals surface area (Å²) in [5, 5.41) is 4.81. The summed E-state index contributed by atoms with van der Waals surface area (Å²) in [6.45, 7) is 6.43. The van der Waals surface area contributed by atoms with Crippen LogP contribution in [-0.4, -0.2) is 5.16 Å². The van der Waals surface area contributed by atoms with Gasteiger partial charge in [0.1, 0.15) is 10.7 Å². The summed E-state index contributed by atoms with van der Waals surface area (Å²) in [5.74, 6) is 1.21. The Morgan fingerprint density at radius 3 is 2.11 bits per heavy atom. The number of aromatic nitrogens is 1. The maximum absolute atomic E-state index is 6.26. The molecule has 0 radical (unpaired) electrons. The highest BCUT2D eigenvalue weighted by atomic mass is 35.5. The molecule has 110 valence electrons. The highest BCUT2D eigenvalue weighted by Gasteiger charge is 2.15. The van der Waals surface area contributed by atoms with Gasteiger partial charge in [-0.05, 0) is 6.42 Å². The smallest absolute Gasteiger partial charge is 0.155 e. The molecule has 0 atom stereocenters. The van der Waals surface area contributed by atoms with Gasteiger partial charge in [0.05, 0.1) is 0 Å². The van der Waals surface area contributed by atoms with Crippen molar-refractivity contribution in [1.29, 1.82) is 0 Å². The second kappa shape index (κ2) is 9.41. The van der Waals surface area contributed by atoms with Crippen LogP contribution in [0.2, 0.25) is 5.02 Å². The minimum atomic E-state index is 0.337. The molecule has 1 rings (SSSR count). The zero-order valence-electron chi connectivity index (χ0n) is 12.7. The van der Waals surface area contributed by atoms with Gasteiger partial charge >= 0.3 is 0 Å². The maximum Gasteiger partial charge on any atom is 0.155 e. The summed E-state index contributed by atoms with van der Waals surface area (Å²) in [6, 6.07) is 0. The first-order valence-electron chi connectivity index (χ1n) is 7.80. The number of halogens is 1. The van der Waals surface area contributed by atoms with Gasteiger partial charge < -0.3 is 4.52 Å². The number of hydrogen-bond acceptors (Lipinski definition) is 2. The summed E-state index contributed by atoms with van der Waals surface area (Å²) in [4.78, 5) is 0. The Balaban J connectivity index is 2.13. The van der Waals surface area contributed by atoms with E-state index < -0.39 is 0 Å². The molecule has 0 unspecified atom stereocenters. The molecule has 0 aromatic carbocycles. The van der Waals surface area contributed by atoms with E-state index in [-0.39, 0.29) is 0 Å². The summed E-state index contributed by atoms with van der Waals surface area (Å²) in [6.07, 6.45) is 11.5. The van der Waals surface area contributed by atoms with E-state index in [9.17, 15) is 0 Å². The topological polar surface area (TPSA) is 26.0 Å². The van der Waals surface area contributed by atoms with Gasteiger partial charge in [0.2, 0.25) is 0 Å². The fourth-order valence-electron chi connectivity index (χ4n) is 2.26. The molecule has 0 aliphatic carbocycles. The molecular formula is C16H28ClNO. The lowest BCUT2D eigenvalue weighted by molar-refractivity contribution is 0.370. The molecule has 0 N–H and O–H groups in total. The van der Waals surface area contributed by atoms with E-state index in [0.717, 1.165) is 29.3 Å². The van der Waals surface area contributed by atoms with Gasteiger partial charge in [-0.2, -0.15) is 0 Å². The van der Waals surface area contributed by atoms with Gasteiger partial charge in [-0.25, -0.2) is 0 Å². The van der Waals surface area contributed by atoms with Crippen molar-refractivity contribution in [3.8, 4) is 0 Å². The third-order valence-corrected chi connectivity index (χ3v) is 3.93. The molecule has 0 aliphatic rings. The molecule has 2 nitrogen and oxygen atoms in total. The first-order valence-corrected chi connectivity index (χ1v) is 8.18. The number of aryl methyl sites for hydroxylation is 1. The van der Waals surface area contributed by atoms with Crippen LogP contribution < -0.4 is 0 Å². The van der Waals surface area contributed by atoms with Crippen molar-refractivity contribution in [2.75, 3.05) is 0 Å². The molecule has 0 bridgehead atoms. The fraction of sp³-hybridized carbons (Fsp3) is 0.812. The van der Waals surface area contributed by atoms with Crippen LogP contribution in [0.4, 0.5) is 0 Å². The number of hydrogen-bond donors (Lipinski definition) is 0. The molecule has 1 aromatic heterocycles. The lowest BCUT2D eigenvalue weighted by Crippen LogP contribution is -1.88. The Morgan fingerprint density at radius 2 is 1.58 bits per heavy atom. The Bertz CT molecular complexity index is 347. The van der Waals surface area contributed by atoms with Crippen LogP contribution in [0.25, 0.3) is 0 Å². The second-order valence-corrected chi connectivity index (χ2v) is 6.06. The Labute approximate surface area is 122 Å². The predicted molar refractivity (Wildman–Crippen MR) is 81.9 cm³/mol. The van der Waals surface area contributed by atoms with Crippen LogP contribution in [0.5, 0.6) is 0 Å². The monoisotopic (exact) mass is 285 g/mol. The predicted octanol–water partition coefficient (Wildman–Crippen LogP) is 6.13. The summed E-state index contributed by atoms with van der Waals surface area (Å²) in [5.41, 5.74) is 0.899. The zero-order valence-corrected chi connectivity index (χ0v) is 13.4. The Morgan fingerprint density at radius 1 is 1.00 bits per heavy atom. The average Bonchev–Trinajstić information content (AvgIpc) is 2.74. The third kappa shape index (κ3) is 5.99. The van der Waals surface area contributed by atoms with Crippen LogP contribution in [-0.2, 0) is 6.42 Å². The van der Waals surface area contributed by atoms with Gasteiger partial charge in [0.25, 0.3) is 0 Å². The van der Waals surface area contributed by atoms with Gasteiger partial charge in [-0.1, -0.05) is 82.5 Å². The van der Waals surface area contributed by atoms with Crippen LogP contribution >= 0.6 is 11.6 Å². The molecule has 0 saturated carbocycles. The van der Waals surface area contributed by atoms with E-state index in [4.69, 9.17) is 16.1 Å². The highest BCUT2D eigenvalue weighted by molar-refractivity contribution is 6.31. The number of nitrogens with zero attached hydrogens (tertiary/aromatic N) is 1. The van der Waals surface area contributed by atoms with Crippen molar-refractivity contribution >= 4 is 11.6 Å². The number of rotatable bonds is 10. The van der Waals surface area contributed by atoms with E-state index in [1.54, 1.807) is 0 Å². The first-order chi connectivity index (χ1) is 9.16. The SMILES string of the molecule is CCCCCCCCCCc1onc(C(C)C)c1Cl. The van der Waals surface area contributed by atoms with E-state index in [1.807, 2.05) is 0 Å². The van der Waals surface area contributed by atoms with Gasteiger partial charge in [0, 0.05) is 12.3 Å². The molecule has 19 heavy (non-hydrogen) atoms. The molecule has 0 saturated heterocycles. The fourth-order valence-corrected chi connectivity index (χ4v) is 2.64. The van der Waals surface area contributed by atoms with Crippen LogP contribution in [0.3, 0.4) is 0 Å². The van der Waals surface area contributed by atoms with Gasteiger partial charge in [-0.15, -0.1) is 0 Å². The van der Waals surface area contributed by atoms with E-state index in [0.29, 0.717) is 5.92 Å². The summed E-state index contributed by atoms with van der Waals surface area (Å²) < 4.78 is 5.33. The van der Waals surface area contributed by atoms with Crippen LogP contribution in [0, 0.1) is 0 Å². The molecule has 0 aliphatic heterocycles. The van der Waals surface area contributed by atoms with E-state index in [2.05, 4.69) is 25.9 Å². The minimum absolute atomic E-state index is 0.337. The first kappa shape index (κ1) is 16.6. The molecule has 1 aromatic rings. The van der Waals surface area contributed by atoms with Crippen molar-refractivity contribution in [3.63, 3.8) is 0 Å². The van der Waals surface area contributed by atoms with Gasteiger partial charge in [-0.3, -0.25) is 0 Å². The third-order valence-electron chi connectivity index (χ3n) is 3.53. The summed E-state index contributed by atoms with van der Waals surface area (Å²) in [7, 11) is 0. The lowest BCUT2D eigenvalue weighted by Gasteiger charge is -2.01. The van der Waals surface area contributed by atoms with Crippen molar-refractivity contribution in [2.45, 2.75) is 84.5 Å². The normalized spacial score (nSPS) is 11.4. The molecule has 0 spiro atoms. The van der Waals surface area contributed by atoms with Gasteiger partial charge in [0.15, 0.2) is 5.76 Å². The van der Waals surface area contributed by atoms with E-state index in [1.165, 1.54) is 44.9 Å². The zero-order chi connectivity index (χ0) is 14.1. The second-order valence-electron chi connectivity index (χ2n) is 5.68. The molecule has 1 heterocycles. The average molecular weight is 286 g/mol. The maximum atomic E-state index is 6.26. The minimum Gasteiger partial charge on any atom is -0.360 e. The molecule has 0 amide bonds. The Hall–Kier alpha value is -0.500. The standard InChI is InChI=1S/C16H28ClNO/c1-4-5-6-7-8-9-10-11-12-14-15(17)16(13(2)3)18-19-14/h13H,4-12H2,1-3H3. The largest absolute Gasteiger partial charge is 0.360 e. The quantitative estimate of drug-likeness (QED) is 0.483. The van der Waals surface area contributed by atoms with Crippen molar-refractivity contribution in [2.24, 2.45) is 0 Å². The highest BCUT2D eigenvalue weighted by Crippen LogP contribution is 2.28. The summed E-state index contributed by atoms with van der Waals surface area (Å²) >= 11 is 6.26. The molecule has 3 heteroatoms. The van der Waals surface area contributed by atoms with Crippen molar-refractivity contribution < 1.29 is 4.52 Å². The van der Waals surface area contributed by atoms with Crippen LogP contribution in [0.1, 0.15) is 89.5 Å². The number of unbranched alkanes of at least 4 members (excludes halogenated alkanes) is 7. The molecule has 0 fully saturated rings. The van der Waals surface area contributed by atoms with Crippen molar-refractivity contribution in [1.82, 2.24) is 5.16 Å². The Kier molecular flexibility index (Phi) is 8.20.